The summed E-state index contributed by atoms with van der Waals surface area (Å²) >= 11 is 7.40. The Kier molecular flexibility index (Phi) is 10.4. The lowest BCUT2D eigenvalue weighted by Crippen LogP contribution is -2.24. The van der Waals surface area contributed by atoms with Gasteiger partial charge in [-0.1, -0.05) is 44.3 Å². The smallest absolute Gasteiger partial charge is 0.394 e. The zero-order valence-electron chi connectivity index (χ0n) is 25.7. The molecule has 9 nitrogen and oxygen atoms in total. The van der Waals surface area contributed by atoms with Crippen LogP contribution < -0.4 is 14.8 Å². The van der Waals surface area contributed by atoms with E-state index in [0.717, 1.165) is 44.1 Å². The quantitative estimate of drug-likeness (QED) is 0.0771. The van der Waals surface area contributed by atoms with Crippen LogP contribution in [0.3, 0.4) is 0 Å². The molecule has 1 saturated carbocycles. The summed E-state index contributed by atoms with van der Waals surface area (Å²) in [6, 6.07) is 10.2. The third-order valence-corrected chi connectivity index (χ3v) is 9.94. The molecule has 0 spiro atoms. The molecule has 1 saturated heterocycles. The Labute approximate surface area is 276 Å². The Morgan fingerprint density at radius 3 is 2.72 bits per heavy atom. The maximum atomic E-state index is 13.1. The molecule has 0 bridgehead atoms. The van der Waals surface area contributed by atoms with Crippen LogP contribution in [0.1, 0.15) is 69.2 Å². The minimum atomic E-state index is -4.17. The fourth-order valence-corrected chi connectivity index (χ4v) is 6.88. The van der Waals surface area contributed by atoms with E-state index in [2.05, 4.69) is 44.9 Å². The van der Waals surface area contributed by atoms with Crippen molar-refractivity contribution in [2.45, 2.75) is 81.6 Å². The van der Waals surface area contributed by atoms with Crippen molar-refractivity contribution in [3.63, 3.8) is 0 Å². The molecule has 4 heterocycles. The first kappa shape index (κ1) is 33.9. The molecule has 2 aliphatic rings. The number of pyridine rings is 2. The van der Waals surface area contributed by atoms with Gasteiger partial charge in [0.25, 0.3) is 12.6 Å². The normalized spacial score (nSPS) is 18.2. The van der Waals surface area contributed by atoms with Gasteiger partial charge in [0.1, 0.15) is 16.0 Å². The van der Waals surface area contributed by atoms with E-state index in [4.69, 9.17) is 16.3 Å². The number of hydrogen-bond acceptors (Lipinski definition) is 8. The number of halogens is 4. The molecule has 15 heteroatoms. The number of amides is 1. The Morgan fingerprint density at radius 2 is 2.02 bits per heavy atom. The van der Waals surface area contributed by atoms with Crippen molar-refractivity contribution in [2.75, 3.05) is 18.5 Å². The predicted molar refractivity (Wildman–Crippen MR) is 172 cm³/mol. The molecule has 5 rings (SSSR count). The lowest BCUT2D eigenvalue weighted by atomic mass is 9.37. The summed E-state index contributed by atoms with van der Waals surface area (Å²) in [5.41, 5.74) is -1.37. The monoisotopic (exact) mass is 673 g/mol. The van der Waals surface area contributed by atoms with Gasteiger partial charge < -0.3 is 10.1 Å². The van der Waals surface area contributed by atoms with E-state index >= 15 is 0 Å². The fraction of sp³-hybridized carbons (Fsp3) is 0.516. The van der Waals surface area contributed by atoms with Gasteiger partial charge in [0.05, 0.1) is 17.6 Å². The number of anilines is 1. The lowest BCUT2D eigenvalue weighted by Gasteiger charge is -2.19. The summed E-state index contributed by atoms with van der Waals surface area (Å²) in [4.78, 5) is 21.7. The molecule has 1 amide bonds. The molecule has 1 atom stereocenters. The van der Waals surface area contributed by atoms with Crippen LogP contribution >= 0.6 is 23.5 Å². The van der Waals surface area contributed by atoms with E-state index in [0.29, 0.717) is 22.6 Å². The van der Waals surface area contributed by atoms with E-state index in [9.17, 15) is 23.2 Å². The number of carbonyl (C=O) groups is 1. The minimum absolute atomic E-state index is 0.0226. The van der Waals surface area contributed by atoms with Gasteiger partial charge in [-0.3, -0.25) is 9.52 Å². The highest BCUT2D eigenvalue weighted by atomic mass is 35.5. The van der Waals surface area contributed by atoms with Crippen molar-refractivity contribution in [1.29, 1.82) is 5.26 Å². The first-order valence-corrected chi connectivity index (χ1v) is 16.6. The zero-order chi connectivity index (χ0) is 33.0. The summed E-state index contributed by atoms with van der Waals surface area (Å²) in [6.07, 6.45) is 2.19. The van der Waals surface area contributed by atoms with Crippen LogP contribution in [0.2, 0.25) is 16.8 Å². The van der Waals surface area contributed by atoms with Crippen LogP contribution in [-0.2, 0) is 0 Å². The van der Waals surface area contributed by atoms with E-state index in [-0.39, 0.29) is 60.9 Å². The molecule has 0 aromatic carbocycles. The first-order chi connectivity index (χ1) is 21.9. The maximum Gasteiger partial charge on any atom is 0.394 e. The number of carbonyl (C=O) groups excluding carboxylic acids is 1. The molecule has 3 aromatic heterocycles. The fourth-order valence-electron chi connectivity index (χ4n) is 6.05. The summed E-state index contributed by atoms with van der Waals surface area (Å²) in [5.74, 6) is 3.90. The largest absolute Gasteiger partial charge is 0.477 e. The number of alkyl halides is 3. The van der Waals surface area contributed by atoms with Gasteiger partial charge in [0.2, 0.25) is 5.88 Å². The van der Waals surface area contributed by atoms with Gasteiger partial charge in [0.15, 0.2) is 5.82 Å². The van der Waals surface area contributed by atoms with Crippen molar-refractivity contribution in [3.05, 3.63) is 53.3 Å². The Bertz CT molecular complexity index is 1580. The number of nitrogens with one attached hydrogen (secondary N) is 2. The second kappa shape index (κ2) is 14.1. The number of nitriles is 1. The van der Waals surface area contributed by atoms with Gasteiger partial charge >= 0.3 is 6.18 Å². The molecule has 2 N–H and O–H groups in total. The molecular weight excluding hydrogens is 638 g/mol. The minimum Gasteiger partial charge on any atom is -0.477 e. The van der Waals surface area contributed by atoms with Crippen molar-refractivity contribution in [1.82, 2.24) is 24.5 Å². The molecule has 3 aromatic rings. The van der Waals surface area contributed by atoms with Crippen LogP contribution in [-0.4, -0.2) is 51.7 Å². The molecule has 1 aliphatic heterocycles. The molecular formula is C31H36BClF3N7O2S. The zero-order valence-corrected chi connectivity index (χ0v) is 27.3. The topological polar surface area (TPSA) is 118 Å². The standard InChI is InChI=1S/C31H36BClF3N7O2S/c1-29(2)18-21(19-32(29)20-37)6-4-15-38-23-7-3-8-26(39-23)46-42-28(44)22-9-10-24(40-27(22)33)43-16-11-25(41-43)45-17-5-12-30(13-14-30)31(34,35)36/h3,7-11,16,21H,4-6,12-15,17-19H2,1-2H3,(H,38,39)(H,42,44). The predicted octanol–water partition coefficient (Wildman–Crippen LogP) is 7.80. The maximum absolute atomic E-state index is 13.1. The van der Waals surface area contributed by atoms with Crippen LogP contribution in [0.5, 0.6) is 5.88 Å². The summed E-state index contributed by atoms with van der Waals surface area (Å²) < 4.78 is 49.0. The highest BCUT2D eigenvalue weighted by Crippen LogP contribution is 2.60. The van der Waals surface area contributed by atoms with Gasteiger partial charge in [-0.25, -0.2) is 19.9 Å². The number of ether oxygens (including phenoxy) is 1. The Morgan fingerprint density at radius 1 is 1.22 bits per heavy atom. The Hall–Kier alpha value is -3.44. The second-order valence-electron chi connectivity index (χ2n) is 12.8. The van der Waals surface area contributed by atoms with Crippen LogP contribution in [0.15, 0.2) is 47.6 Å². The van der Waals surface area contributed by atoms with Gasteiger partial charge in [-0.15, -0.1) is 5.10 Å². The van der Waals surface area contributed by atoms with E-state index in [1.165, 1.54) is 10.7 Å². The molecule has 244 valence electrons. The van der Waals surface area contributed by atoms with Crippen LogP contribution in [0, 0.1) is 22.6 Å². The molecule has 2 fully saturated rings. The van der Waals surface area contributed by atoms with Crippen molar-refractivity contribution >= 4 is 42.0 Å². The molecule has 0 radical (unpaired) electrons. The molecule has 46 heavy (non-hydrogen) atoms. The SMILES string of the molecule is CC1(C)CC(CCCNc2cccc(SNC(=O)c3ccc(-n4ccc(OCCCC5(C(F)(F)F)CC5)n4)nc3Cl)n2)CB1C#N. The highest BCUT2D eigenvalue weighted by Gasteiger charge is 2.62. The van der Waals surface area contributed by atoms with E-state index < -0.39 is 17.5 Å². The number of nitrogens with zero attached hydrogens (tertiary/aromatic N) is 5. The van der Waals surface area contributed by atoms with Crippen molar-refractivity contribution in [3.8, 4) is 17.7 Å². The second-order valence-corrected chi connectivity index (χ2v) is 14.0. The van der Waals surface area contributed by atoms with Gasteiger partial charge in [-0.05, 0) is 74.0 Å². The first-order valence-electron chi connectivity index (χ1n) is 15.4. The third kappa shape index (κ3) is 8.28. The number of rotatable bonds is 14. The van der Waals surface area contributed by atoms with Crippen molar-refractivity contribution in [2.24, 2.45) is 11.3 Å². The summed E-state index contributed by atoms with van der Waals surface area (Å²) in [6.45, 7) is 5.38. The summed E-state index contributed by atoms with van der Waals surface area (Å²) in [5, 5.41) is 17.7. The number of aromatic nitrogens is 4. The van der Waals surface area contributed by atoms with E-state index in [1.54, 1.807) is 24.4 Å². The lowest BCUT2D eigenvalue weighted by molar-refractivity contribution is -0.189. The number of hydrogen-bond donors (Lipinski definition) is 2. The average Bonchev–Trinajstić information content (AvgIpc) is 3.57. The van der Waals surface area contributed by atoms with Gasteiger partial charge in [0, 0.05) is 36.7 Å². The van der Waals surface area contributed by atoms with Crippen LogP contribution in [0.4, 0.5) is 19.0 Å². The Balaban J connectivity index is 1.05. The van der Waals surface area contributed by atoms with Crippen molar-refractivity contribution < 1.29 is 22.7 Å². The average molecular weight is 674 g/mol. The van der Waals surface area contributed by atoms with Gasteiger partial charge in [-0.2, -0.15) is 13.2 Å². The summed E-state index contributed by atoms with van der Waals surface area (Å²) in [7, 11) is 0. The van der Waals surface area contributed by atoms with E-state index in [1.807, 2.05) is 12.1 Å². The third-order valence-electron chi connectivity index (χ3n) is 8.93. The van der Waals surface area contributed by atoms with Crippen LogP contribution in [0.25, 0.3) is 5.82 Å². The highest BCUT2D eigenvalue weighted by molar-refractivity contribution is 7.97. The molecule has 1 aliphatic carbocycles. The molecule has 1 unspecified atom stereocenters.